The van der Waals surface area contributed by atoms with Gasteiger partial charge in [-0.15, -0.1) is 0 Å². The van der Waals surface area contributed by atoms with Gasteiger partial charge in [-0.3, -0.25) is 4.79 Å². The zero-order chi connectivity index (χ0) is 10.0. The van der Waals surface area contributed by atoms with Gasteiger partial charge < -0.3 is 4.74 Å². The monoisotopic (exact) mass is 184 g/mol. The Balaban J connectivity index is 2.90. The molecular formula is C10H13FO2. The summed E-state index contributed by atoms with van der Waals surface area (Å²) < 4.78 is 17.5. The third kappa shape index (κ3) is 1.97. The molecule has 0 aromatic heterocycles. The molecule has 13 heavy (non-hydrogen) atoms. The molecule has 3 heteroatoms. The lowest BCUT2D eigenvalue weighted by Crippen LogP contribution is -2.25. The van der Waals surface area contributed by atoms with Gasteiger partial charge in [0.15, 0.2) is 0 Å². The largest absolute Gasteiger partial charge is 0.469 e. The minimum atomic E-state index is -0.329. The highest BCUT2D eigenvalue weighted by molar-refractivity contribution is 5.76. The van der Waals surface area contributed by atoms with Gasteiger partial charge in [-0.25, -0.2) is 4.39 Å². The van der Waals surface area contributed by atoms with E-state index in [1.165, 1.54) is 19.3 Å². The number of allylic oxidation sites excluding steroid dienone is 3. The minimum absolute atomic E-state index is 0.127. The van der Waals surface area contributed by atoms with E-state index in [4.69, 9.17) is 0 Å². The number of carbonyl (C=O) groups excluding carboxylic acids is 1. The van der Waals surface area contributed by atoms with Crippen LogP contribution in [0.5, 0.6) is 0 Å². The van der Waals surface area contributed by atoms with E-state index in [1.54, 1.807) is 13.8 Å². The summed E-state index contributed by atoms with van der Waals surface area (Å²) in [5, 5.41) is 0. The molecule has 2 unspecified atom stereocenters. The molecule has 0 aromatic carbocycles. The second-order valence-electron chi connectivity index (χ2n) is 3.30. The molecule has 0 aliphatic heterocycles. The first kappa shape index (κ1) is 9.96. The number of rotatable bonds is 1. The summed E-state index contributed by atoms with van der Waals surface area (Å²) in [6, 6.07) is 0. The van der Waals surface area contributed by atoms with E-state index < -0.39 is 0 Å². The van der Waals surface area contributed by atoms with Crippen molar-refractivity contribution in [2.24, 2.45) is 11.8 Å². The molecule has 0 saturated carbocycles. The van der Waals surface area contributed by atoms with Crippen molar-refractivity contribution in [3.05, 3.63) is 23.6 Å². The maximum Gasteiger partial charge on any atom is 0.313 e. The second-order valence-corrected chi connectivity index (χ2v) is 3.30. The van der Waals surface area contributed by atoms with Gasteiger partial charge in [-0.2, -0.15) is 0 Å². The third-order valence-electron chi connectivity index (χ3n) is 2.26. The van der Waals surface area contributed by atoms with E-state index in [9.17, 15) is 9.18 Å². The Labute approximate surface area is 77.1 Å². The zero-order valence-electron chi connectivity index (χ0n) is 8.00. The van der Waals surface area contributed by atoms with Gasteiger partial charge in [-0.1, -0.05) is 12.5 Å². The number of methoxy groups -OCH3 is 1. The molecule has 1 aliphatic rings. The molecule has 0 amide bonds. The number of hydrogen-bond donors (Lipinski definition) is 0. The summed E-state index contributed by atoms with van der Waals surface area (Å²) in [5.41, 5.74) is 0.722. The molecule has 1 aliphatic carbocycles. The van der Waals surface area contributed by atoms with Crippen molar-refractivity contribution in [1.29, 1.82) is 0 Å². The Hall–Kier alpha value is -1.12. The van der Waals surface area contributed by atoms with Crippen molar-refractivity contribution < 1.29 is 13.9 Å². The predicted octanol–water partition coefficient (Wildman–Crippen LogP) is 2.22. The van der Waals surface area contributed by atoms with Gasteiger partial charge in [0.2, 0.25) is 0 Å². The lowest BCUT2D eigenvalue weighted by molar-refractivity contribution is -0.145. The molecule has 0 saturated heterocycles. The molecule has 72 valence electrons. The fourth-order valence-electron chi connectivity index (χ4n) is 1.64. The summed E-state index contributed by atoms with van der Waals surface area (Å²) in [4.78, 5) is 11.3. The predicted molar refractivity (Wildman–Crippen MR) is 47.6 cm³/mol. The fraction of sp³-hybridized carbons (Fsp3) is 0.500. The summed E-state index contributed by atoms with van der Waals surface area (Å²) >= 11 is 0. The molecule has 0 aromatic rings. The molecule has 0 bridgehead atoms. The minimum Gasteiger partial charge on any atom is -0.469 e. The average Bonchev–Trinajstić information content (AvgIpc) is 2.02. The van der Waals surface area contributed by atoms with E-state index in [2.05, 4.69) is 4.74 Å². The fourth-order valence-corrected chi connectivity index (χ4v) is 1.64. The topological polar surface area (TPSA) is 26.3 Å². The van der Waals surface area contributed by atoms with E-state index in [0.29, 0.717) is 0 Å². The number of carbonyl (C=O) groups is 1. The molecule has 1 rings (SSSR count). The third-order valence-corrected chi connectivity index (χ3v) is 2.26. The first-order valence-electron chi connectivity index (χ1n) is 4.19. The molecular weight excluding hydrogens is 171 g/mol. The number of esters is 1. The number of hydrogen-bond acceptors (Lipinski definition) is 2. The SMILES string of the molecule is COC(=O)C1C(C)=CC(F)=CC1C. The highest BCUT2D eigenvalue weighted by Crippen LogP contribution is 2.29. The summed E-state index contributed by atoms with van der Waals surface area (Å²) in [5.74, 6) is -1.03. The van der Waals surface area contributed by atoms with Crippen molar-refractivity contribution >= 4 is 5.97 Å². The van der Waals surface area contributed by atoms with Crippen LogP contribution in [0.3, 0.4) is 0 Å². The molecule has 2 nitrogen and oxygen atoms in total. The zero-order valence-corrected chi connectivity index (χ0v) is 8.00. The normalized spacial score (nSPS) is 27.7. The quantitative estimate of drug-likeness (QED) is 0.584. The summed E-state index contributed by atoms with van der Waals surface area (Å²) in [7, 11) is 1.34. The summed E-state index contributed by atoms with van der Waals surface area (Å²) in [6.45, 7) is 3.54. The Kier molecular flexibility index (Phi) is 2.86. The molecule has 0 radical (unpaired) electrons. The van der Waals surface area contributed by atoms with Gasteiger partial charge >= 0.3 is 5.97 Å². The van der Waals surface area contributed by atoms with E-state index in [0.717, 1.165) is 5.57 Å². The molecule has 0 heterocycles. The Morgan fingerprint density at radius 3 is 2.69 bits per heavy atom. The highest BCUT2D eigenvalue weighted by Gasteiger charge is 2.29. The maximum atomic E-state index is 12.9. The number of halogens is 1. The first-order valence-corrected chi connectivity index (χ1v) is 4.19. The van der Waals surface area contributed by atoms with E-state index in [1.807, 2.05) is 0 Å². The lowest BCUT2D eigenvalue weighted by atomic mass is 9.84. The molecule has 0 fully saturated rings. The van der Waals surface area contributed by atoms with Crippen molar-refractivity contribution in [3.8, 4) is 0 Å². The van der Waals surface area contributed by atoms with Gasteiger partial charge in [-0.05, 0) is 25.0 Å². The number of ether oxygens (including phenoxy) is 1. The summed E-state index contributed by atoms with van der Waals surface area (Å²) in [6.07, 6.45) is 2.82. The van der Waals surface area contributed by atoms with Crippen LogP contribution in [0, 0.1) is 11.8 Å². The Bertz CT molecular complexity index is 279. The molecule has 2 atom stereocenters. The van der Waals surface area contributed by atoms with Crippen molar-refractivity contribution in [2.75, 3.05) is 7.11 Å². The highest BCUT2D eigenvalue weighted by atomic mass is 19.1. The average molecular weight is 184 g/mol. The van der Waals surface area contributed by atoms with Gasteiger partial charge in [0.05, 0.1) is 13.0 Å². The van der Waals surface area contributed by atoms with Crippen molar-refractivity contribution in [2.45, 2.75) is 13.8 Å². The van der Waals surface area contributed by atoms with Crippen LogP contribution in [0.15, 0.2) is 23.6 Å². The standard InChI is InChI=1S/C10H13FO2/c1-6-4-8(11)5-7(2)9(6)10(12)13-3/h4-6,9H,1-3H3. The maximum absolute atomic E-state index is 12.9. The second kappa shape index (κ2) is 3.73. The lowest BCUT2D eigenvalue weighted by Gasteiger charge is -2.22. The van der Waals surface area contributed by atoms with Crippen LogP contribution in [-0.2, 0) is 9.53 Å². The van der Waals surface area contributed by atoms with Crippen molar-refractivity contribution in [3.63, 3.8) is 0 Å². The Morgan fingerprint density at radius 1 is 1.62 bits per heavy atom. The molecule has 0 spiro atoms. The van der Waals surface area contributed by atoms with Crippen LogP contribution in [0.2, 0.25) is 0 Å². The van der Waals surface area contributed by atoms with Crippen LogP contribution >= 0.6 is 0 Å². The van der Waals surface area contributed by atoms with Crippen LogP contribution in [-0.4, -0.2) is 13.1 Å². The Morgan fingerprint density at radius 2 is 2.23 bits per heavy atom. The van der Waals surface area contributed by atoms with Crippen LogP contribution in [0.25, 0.3) is 0 Å². The first-order chi connectivity index (χ1) is 6.06. The van der Waals surface area contributed by atoms with Crippen molar-refractivity contribution in [1.82, 2.24) is 0 Å². The van der Waals surface area contributed by atoms with Crippen LogP contribution in [0.4, 0.5) is 4.39 Å². The van der Waals surface area contributed by atoms with Crippen LogP contribution < -0.4 is 0 Å². The van der Waals surface area contributed by atoms with E-state index >= 15 is 0 Å². The van der Waals surface area contributed by atoms with E-state index in [-0.39, 0.29) is 23.6 Å². The van der Waals surface area contributed by atoms with Crippen LogP contribution in [0.1, 0.15) is 13.8 Å². The van der Waals surface area contributed by atoms with Gasteiger partial charge in [0.25, 0.3) is 0 Å². The van der Waals surface area contributed by atoms with Gasteiger partial charge in [0.1, 0.15) is 5.83 Å². The smallest absolute Gasteiger partial charge is 0.313 e. The van der Waals surface area contributed by atoms with Gasteiger partial charge in [0, 0.05) is 0 Å². The molecule has 0 N–H and O–H groups in total.